The van der Waals surface area contributed by atoms with Crippen molar-refractivity contribution in [2.24, 2.45) is 17.8 Å². The first kappa shape index (κ1) is 21.7. The van der Waals surface area contributed by atoms with E-state index in [1.165, 1.54) is 22.1 Å². The molecular weight excluding hydrogens is 394 g/mol. The van der Waals surface area contributed by atoms with Crippen molar-refractivity contribution in [2.75, 3.05) is 39.3 Å². The predicted octanol–water partition coefficient (Wildman–Crippen LogP) is 2.63. The van der Waals surface area contributed by atoms with Gasteiger partial charge in [0.1, 0.15) is 4.21 Å². The monoisotopic (exact) mass is 427 g/mol. The number of piperidine rings is 2. The van der Waals surface area contributed by atoms with E-state index in [1.54, 1.807) is 17.5 Å². The first-order chi connectivity index (χ1) is 13.4. The highest BCUT2D eigenvalue weighted by Crippen LogP contribution is 2.26. The number of nitrogens with one attached hydrogen (secondary N) is 1. The molecule has 2 aliphatic rings. The molecule has 28 heavy (non-hydrogen) atoms. The Labute approximate surface area is 173 Å². The lowest BCUT2D eigenvalue weighted by Crippen LogP contribution is -2.43. The average molecular weight is 428 g/mol. The molecule has 1 N–H and O–H groups in total. The summed E-state index contributed by atoms with van der Waals surface area (Å²) in [6, 6.07) is 3.39. The summed E-state index contributed by atoms with van der Waals surface area (Å²) in [7, 11) is -3.40. The highest BCUT2D eigenvalue weighted by molar-refractivity contribution is 7.91. The van der Waals surface area contributed by atoms with Gasteiger partial charge in [0.2, 0.25) is 5.91 Å². The van der Waals surface area contributed by atoms with Crippen LogP contribution in [0.15, 0.2) is 21.7 Å². The molecule has 158 valence electrons. The summed E-state index contributed by atoms with van der Waals surface area (Å²) in [6.07, 6.45) is 3.47. The van der Waals surface area contributed by atoms with Gasteiger partial charge in [0, 0.05) is 38.6 Å². The lowest BCUT2D eigenvalue weighted by atomic mass is 9.92. The van der Waals surface area contributed by atoms with Crippen molar-refractivity contribution < 1.29 is 13.2 Å². The molecule has 0 aromatic carbocycles. The summed E-state index contributed by atoms with van der Waals surface area (Å²) < 4.78 is 27.0. The van der Waals surface area contributed by atoms with Crippen LogP contribution in [0, 0.1) is 17.8 Å². The molecule has 0 spiro atoms. The largest absolute Gasteiger partial charge is 0.356 e. The summed E-state index contributed by atoms with van der Waals surface area (Å²) in [5.74, 6) is 1.52. The maximum Gasteiger partial charge on any atom is 0.252 e. The summed E-state index contributed by atoms with van der Waals surface area (Å²) >= 11 is 1.24. The highest BCUT2D eigenvalue weighted by atomic mass is 32.2. The van der Waals surface area contributed by atoms with Crippen LogP contribution in [-0.4, -0.2) is 62.8 Å². The Morgan fingerprint density at radius 2 is 1.89 bits per heavy atom. The fourth-order valence-corrected chi connectivity index (χ4v) is 7.14. The number of rotatable bonds is 7. The third kappa shape index (κ3) is 5.55. The minimum atomic E-state index is -3.40. The van der Waals surface area contributed by atoms with Gasteiger partial charge in [-0.15, -0.1) is 11.3 Å². The average Bonchev–Trinajstić information content (AvgIpc) is 3.20. The quantitative estimate of drug-likeness (QED) is 0.679. The third-order valence-electron chi connectivity index (χ3n) is 5.81. The van der Waals surface area contributed by atoms with Crippen molar-refractivity contribution >= 4 is 27.3 Å². The Hall–Kier alpha value is -0.960. The Balaban J connectivity index is 1.36. The zero-order valence-corrected chi connectivity index (χ0v) is 18.6. The molecule has 0 unspecified atom stereocenters. The molecule has 3 rings (SSSR count). The van der Waals surface area contributed by atoms with Crippen LogP contribution in [0.5, 0.6) is 0 Å². The molecule has 1 aromatic heterocycles. The maximum atomic E-state index is 12.6. The van der Waals surface area contributed by atoms with Gasteiger partial charge in [-0.1, -0.05) is 19.9 Å². The molecular formula is C20H33N3O3S2. The minimum absolute atomic E-state index is 0.0774. The van der Waals surface area contributed by atoms with Crippen LogP contribution in [0.4, 0.5) is 0 Å². The van der Waals surface area contributed by atoms with Crippen molar-refractivity contribution in [1.82, 2.24) is 14.5 Å². The van der Waals surface area contributed by atoms with E-state index in [4.69, 9.17) is 0 Å². The number of carbonyl (C=O) groups is 1. The molecule has 8 heteroatoms. The number of sulfonamides is 1. The van der Waals surface area contributed by atoms with Gasteiger partial charge < -0.3 is 10.2 Å². The zero-order valence-electron chi connectivity index (χ0n) is 17.0. The lowest BCUT2D eigenvalue weighted by molar-refractivity contribution is -0.126. The van der Waals surface area contributed by atoms with Gasteiger partial charge in [0.05, 0.1) is 0 Å². The molecule has 0 bridgehead atoms. The summed E-state index contributed by atoms with van der Waals surface area (Å²) in [5, 5.41) is 4.84. The summed E-state index contributed by atoms with van der Waals surface area (Å²) in [4.78, 5) is 15.0. The van der Waals surface area contributed by atoms with E-state index < -0.39 is 10.0 Å². The van der Waals surface area contributed by atoms with Gasteiger partial charge in [-0.2, -0.15) is 4.31 Å². The van der Waals surface area contributed by atoms with E-state index in [2.05, 4.69) is 24.1 Å². The molecule has 2 saturated heterocycles. The molecule has 2 fully saturated rings. The van der Waals surface area contributed by atoms with Gasteiger partial charge in [-0.05, 0) is 55.5 Å². The first-order valence-electron chi connectivity index (χ1n) is 10.4. The number of nitrogens with zero attached hydrogens (tertiary/aromatic N) is 2. The minimum Gasteiger partial charge on any atom is -0.356 e. The maximum absolute atomic E-state index is 12.6. The van der Waals surface area contributed by atoms with E-state index in [1.807, 2.05) is 0 Å². The van der Waals surface area contributed by atoms with Crippen LogP contribution in [0.2, 0.25) is 0 Å². The normalized spacial score (nSPS) is 25.6. The number of hydrogen-bond donors (Lipinski definition) is 1. The second-order valence-electron chi connectivity index (χ2n) is 8.46. The van der Waals surface area contributed by atoms with Gasteiger partial charge >= 0.3 is 0 Å². The van der Waals surface area contributed by atoms with Gasteiger partial charge in [0.25, 0.3) is 10.0 Å². The van der Waals surface area contributed by atoms with Crippen LogP contribution in [-0.2, 0) is 14.8 Å². The van der Waals surface area contributed by atoms with Gasteiger partial charge in [-0.25, -0.2) is 8.42 Å². The van der Waals surface area contributed by atoms with Crippen molar-refractivity contribution in [1.29, 1.82) is 0 Å². The van der Waals surface area contributed by atoms with E-state index in [0.29, 0.717) is 36.7 Å². The Kier molecular flexibility index (Phi) is 7.53. The molecule has 6 nitrogen and oxygen atoms in total. The van der Waals surface area contributed by atoms with Gasteiger partial charge in [0.15, 0.2) is 0 Å². The molecule has 0 aliphatic carbocycles. The van der Waals surface area contributed by atoms with Crippen LogP contribution in [0.3, 0.4) is 0 Å². The topological polar surface area (TPSA) is 69.7 Å². The number of likely N-dealkylation sites (tertiary alicyclic amines) is 1. The van der Waals surface area contributed by atoms with Crippen molar-refractivity contribution in [3.63, 3.8) is 0 Å². The standard InChI is InChI=1S/C20H33N3O3S2/c1-16-13-17(2)15-22(14-16)9-4-8-21-20(24)18-6-10-23(11-7-18)28(25,26)19-5-3-12-27-19/h3,5,12,16-18H,4,6-11,13-15H2,1-2H3,(H,21,24)/t16-,17+. The third-order valence-corrected chi connectivity index (χ3v) is 9.08. The number of thiophene rings is 1. The van der Waals surface area contributed by atoms with Crippen molar-refractivity contribution in [3.8, 4) is 0 Å². The lowest BCUT2D eigenvalue weighted by Gasteiger charge is -2.35. The number of amides is 1. The van der Waals surface area contributed by atoms with E-state index in [0.717, 1.165) is 37.9 Å². The smallest absolute Gasteiger partial charge is 0.252 e. The molecule has 2 atom stereocenters. The van der Waals surface area contributed by atoms with Gasteiger partial charge in [-0.3, -0.25) is 4.79 Å². The van der Waals surface area contributed by atoms with Crippen LogP contribution in [0.1, 0.15) is 39.5 Å². The Bertz CT molecular complexity index is 718. The second-order valence-corrected chi connectivity index (χ2v) is 11.6. The van der Waals surface area contributed by atoms with Crippen LogP contribution in [0.25, 0.3) is 0 Å². The molecule has 0 saturated carbocycles. The molecule has 3 heterocycles. The first-order valence-corrected chi connectivity index (χ1v) is 12.7. The molecule has 1 aromatic rings. The molecule has 1 amide bonds. The molecule has 2 aliphatic heterocycles. The van der Waals surface area contributed by atoms with Crippen molar-refractivity contribution in [3.05, 3.63) is 17.5 Å². The van der Waals surface area contributed by atoms with E-state index in [9.17, 15) is 13.2 Å². The number of carbonyl (C=O) groups excluding carboxylic acids is 1. The zero-order chi connectivity index (χ0) is 20.1. The Morgan fingerprint density at radius 3 is 2.50 bits per heavy atom. The number of hydrogen-bond acceptors (Lipinski definition) is 5. The molecule has 0 radical (unpaired) electrons. The second kappa shape index (κ2) is 9.69. The predicted molar refractivity (Wildman–Crippen MR) is 113 cm³/mol. The summed E-state index contributed by atoms with van der Waals surface area (Å²) in [6.45, 7) is 9.53. The van der Waals surface area contributed by atoms with Crippen LogP contribution >= 0.6 is 11.3 Å². The fourth-order valence-electron chi connectivity index (χ4n) is 4.53. The van der Waals surface area contributed by atoms with Crippen LogP contribution < -0.4 is 5.32 Å². The van der Waals surface area contributed by atoms with Crippen molar-refractivity contribution in [2.45, 2.75) is 43.7 Å². The van der Waals surface area contributed by atoms with E-state index in [-0.39, 0.29) is 11.8 Å². The summed E-state index contributed by atoms with van der Waals surface area (Å²) in [5.41, 5.74) is 0. The van der Waals surface area contributed by atoms with E-state index >= 15 is 0 Å². The SMILES string of the molecule is C[C@@H]1C[C@H](C)CN(CCCNC(=O)C2CCN(S(=O)(=O)c3cccs3)CC2)C1. The Morgan fingerprint density at radius 1 is 1.21 bits per heavy atom. The fraction of sp³-hybridized carbons (Fsp3) is 0.750. The highest BCUT2D eigenvalue weighted by Gasteiger charge is 2.32.